The van der Waals surface area contributed by atoms with E-state index in [0.717, 1.165) is 34.4 Å². The number of nitrogens with one attached hydrogen (secondary N) is 2. The number of rotatable bonds is 5. The maximum absolute atomic E-state index is 12.2. The smallest absolute Gasteiger partial charge is 0.296 e. The van der Waals surface area contributed by atoms with E-state index in [1.54, 1.807) is 6.07 Å². The number of hydrogen-bond acceptors (Lipinski definition) is 7. The average molecular weight is 542 g/mol. The van der Waals surface area contributed by atoms with Gasteiger partial charge in [-0.05, 0) is 42.2 Å². The van der Waals surface area contributed by atoms with Crippen molar-refractivity contribution in [3.8, 4) is 39.5 Å². The lowest BCUT2D eigenvalue weighted by Crippen LogP contribution is -2.32. The van der Waals surface area contributed by atoms with Gasteiger partial charge >= 0.3 is 0 Å². The Morgan fingerprint density at radius 2 is 1.67 bits per heavy atom. The van der Waals surface area contributed by atoms with Crippen molar-refractivity contribution < 1.29 is 14.2 Å². The molecule has 7 rings (SSSR count). The number of H-pyrrole nitrogens is 2. The quantitative estimate of drug-likeness (QED) is 0.324. The monoisotopic (exact) mass is 541 g/mol. The molecule has 0 saturated carbocycles. The molecule has 3 atom stereocenters. The topological polar surface area (TPSA) is 115 Å². The average Bonchev–Trinajstić information content (AvgIpc) is 3.67. The van der Waals surface area contributed by atoms with E-state index in [1.165, 1.54) is 0 Å². The molecule has 5 aromatic rings. The van der Waals surface area contributed by atoms with Gasteiger partial charge in [-0.25, -0.2) is 10.1 Å². The van der Waals surface area contributed by atoms with E-state index in [1.807, 2.05) is 61.5 Å². The lowest BCUT2D eigenvalue weighted by molar-refractivity contribution is 0.0273. The number of aromatic amines is 2. The molecule has 9 nitrogen and oxygen atoms in total. The fourth-order valence-electron chi connectivity index (χ4n) is 5.21. The van der Waals surface area contributed by atoms with Gasteiger partial charge in [0.25, 0.3) is 11.6 Å². The molecular weight excluding hydrogens is 518 g/mol. The molecule has 0 radical (unpaired) electrons. The summed E-state index contributed by atoms with van der Waals surface area (Å²) in [6.07, 6.45) is 0.711. The fraction of sp³-hybridized carbons (Fsp3) is 0.241. The SMILES string of the molecule is Cc1cc(-c2ccc(-c3ccc(-c4nc5nc(OC6CO[C@@H]7CCO[C@H]67)[nH]c5cc4Cl)cc3)cc2)c(=O)[nH]n1. The third-order valence-electron chi connectivity index (χ3n) is 7.21. The molecule has 2 N–H and O–H groups in total. The van der Waals surface area contributed by atoms with Crippen LogP contribution in [0.4, 0.5) is 0 Å². The molecule has 0 bridgehead atoms. The van der Waals surface area contributed by atoms with Crippen LogP contribution in [0.2, 0.25) is 5.02 Å². The van der Waals surface area contributed by atoms with Gasteiger partial charge in [-0.2, -0.15) is 10.1 Å². The Bertz CT molecular complexity index is 1730. The molecule has 5 heterocycles. The lowest BCUT2D eigenvalue weighted by atomic mass is 9.99. The van der Waals surface area contributed by atoms with E-state index in [4.69, 9.17) is 30.8 Å². The van der Waals surface area contributed by atoms with Gasteiger partial charge in [0.05, 0.1) is 40.2 Å². The molecule has 2 aliphatic rings. The van der Waals surface area contributed by atoms with Gasteiger partial charge in [0.15, 0.2) is 11.8 Å². The zero-order valence-electron chi connectivity index (χ0n) is 21.0. The highest BCUT2D eigenvalue weighted by molar-refractivity contribution is 6.33. The standard InChI is InChI=1S/C29H24ClN5O4/c1-15-12-20(28(36)35-34-15)18-6-2-16(3-7-18)17-4-8-19(9-5-17)25-21(30)13-22-27(32-25)33-29(31-22)39-24-14-38-23-10-11-37-26(23)24/h2-9,12-13,23-24,26H,10-11,14H2,1H3,(H,35,36)(H,31,32,33)/t23-,24?,26+/m1/s1. The summed E-state index contributed by atoms with van der Waals surface area (Å²) in [7, 11) is 0. The Morgan fingerprint density at radius 3 is 2.44 bits per heavy atom. The first-order chi connectivity index (χ1) is 19.0. The molecule has 39 heavy (non-hydrogen) atoms. The molecule has 2 saturated heterocycles. The fourth-order valence-corrected chi connectivity index (χ4v) is 5.47. The molecule has 10 heteroatoms. The van der Waals surface area contributed by atoms with Crippen molar-refractivity contribution in [2.24, 2.45) is 0 Å². The Morgan fingerprint density at radius 1 is 0.949 bits per heavy atom. The number of hydrogen-bond donors (Lipinski definition) is 2. The Kier molecular flexibility index (Phi) is 5.92. The van der Waals surface area contributed by atoms with Crippen LogP contribution in [0.1, 0.15) is 12.1 Å². The summed E-state index contributed by atoms with van der Waals surface area (Å²) >= 11 is 6.62. The van der Waals surface area contributed by atoms with Crippen molar-refractivity contribution in [3.05, 3.63) is 81.7 Å². The normalized spacial score (nSPS) is 20.4. The van der Waals surface area contributed by atoms with Crippen LogP contribution in [0.15, 0.2) is 65.5 Å². The van der Waals surface area contributed by atoms with Gasteiger partial charge in [-0.3, -0.25) is 4.79 Å². The molecule has 0 aliphatic carbocycles. The predicted molar refractivity (Wildman–Crippen MR) is 147 cm³/mol. The van der Waals surface area contributed by atoms with E-state index < -0.39 is 0 Å². The summed E-state index contributed by atoms with van der Waals surface area (Å²) in [4.78, 5) is 24.6. The molecule has 3 aromatic heterocycles. The van der Waals surface area contributed by atoms with Crippen LogP contribution >= 0.6 is 11.6 Å². The maximum Gasteiger partial charge on any atom is 0.296 e. The minimum atomic E-state index is -0.210. The molecule has 2 fully saturated rings. The van der Waals surface area contributed by atoms with Gasteiger partial charge in [0.2, 0.25) is 0 Å². The zero-order valence-corrected chi connectivity index (χ0v) is 21.7. The first kappa shape index (κ1) is 24.0. The minimum Gasteiger partial charge on any atom is -0.456 e. The third kappa shape index (κ3) is 4.48. The van der Waals surface area contributed by atoms with Crippen LogP contribution in [0.5, 0.6) is 6.01 Å². The third-order valence-corrected chi connectivity index (χ3v) is 7.50. The summed E-state index contributed by atoms with van der Waals surface area (Å²) in [6, 6.07) is 19.9. The van der Waals surface area contributed by atoms with E-state index in [-0.39, 0.29) is 23.9 Å². The number of pyridine rings is 1. The van der Waals surface area contributed by atoms with Gasteiger partial charge in [-0.1, -0.05) is 60.1 Å². The van der Waals surface area contributed by atoms with Gasteiger partial charge < -0.3 is 19.2 Å². The van der Waals surface area contributed by atoms with E-state index >= 15 is 0 Å². The van der Waals surface area contributed by atoms with Crippen LogP contribution < -0.4 is 10.3 Å². The minimum absolute atomic E-state index is 0.0671. The number of fused-ring (bicyclic) bond motifs is 2. The highest BCUT2D eigenvalue weighted by Gasteiger charge is 2.43. The summed E-state index contributed by atoms with van der Waals surface area (Å²) in [5, 5.41) is 6.99. The van der Waals surface area contributed by atoms with Gasteiger partial charge in [0.1, 0.15) is 6.10 Å². The summed E-state index contributed by atoms with van der Waals surface area (Å²) in [5.74, 6) is 0. The Labute approximate surface area is 228 Å². The number of aryl methyl sites for hydroxylation is 1. The Hall–Kier alpha value is -4.05. The first-order valence-electron chi connectivity index (χ1n) is 12.8. The molecule has 2 aromatic carbocycles. The van der Waals surface area contributed by atoms with Crippen molar-refractivity contribution in [2.75, 3.05) is 13.2 Å². The van der Waals surface area contributed by atoms with E-state index in [9.17, 15) is 4.79 Å². The van der Waals surface area contributed by atoms with Crippen LogP contribution in [0.3, 0.4) is 0 Å². The van der Waals surface area contributed by atoms with Crippen LogP contribution in [-0.4, -0.2) is 56.7 Å². The first-order valence-corrected chi connectivity index (χ1v) is 13.1. The van der Waals surface area contributed by atoms with Crippen molar-refractivity contribution in [3.63, 3.8) is 0 Å². The molecule has 1 unspecified atom stereocenters. The molecule has 0 amide bonds. The zero-order chi connectivity index (χ0) is 26.5. The molecule has 2 aliphatic heterocycles. The largest absolute Gasteiger partial charge is 0.456 e. The van der Waals surface area contributed by atoms with Crippen molar-refractivity contribution in [1.29, 1.82) is 0 Å². The van der Waals surface area contributed by atoms with Crippen molar-refractivity contribution in [2.45, 2.75) is 31.7 Å². The lowest BCUT2D eigenvalue weighted by Gasteiger charge is -2.15. The van der Waals surface area contributed by atoms with Crippen LogP contribution in [-0.2, 0) is 9.47 Å². The summed E-state index contributed by atoms with van der Waals surface area (Å²) in [6.45, 7) is 3.01. The number of benzene rings is 2. The van der Waals surface area contributed by atoms with Gasteiger partial charge in [0, 0.05) is 12.2 Å². The second kappa shape index (κ2) is 9.60. The van der Waals surface area contributed by atoms with E-state index in [0.29, 0.717) is 46.7 Å². The maximum atomic E-state index is 12.2. The highest BCUT2D eigenvalue weighted by Crippen LogP contribution is 2.33. The number of ether oxygens (including phenoxy) is 3. The second-order valence-corrected chi connectivity index (χ2v) is 10.2. The number of halogens is 1. The number of imidazole rings is 1. The van der Waals surface area contributed by atoms with Crippen LogP contribution in [0, 0.1) is 6.92 Å². The van der Waals surface area contributed by atoms with Crippen molar-refractivity contribution >= 4 is 22.8 Å². The summed E-state index contributed by atoms with van der Waals surface area (Å²) in [5.41, 5.74) is 6.77. The van der Waals surface area contributed by atoms with Crippen molar-refractivity contribution in [1.82, 2.24) is 25.1 Å². The van der Waals surface area contributed by atoms with Gasteiger partial charge in [-0.15, -0.1) is 0 Å². The van der Waals surface area contributed by atoms with E-state index in [2.05, 4.69) is 20.2 Å². The molecule has 196 valence electrons. The molecular formula is C29H24ClN5O4. The number of aromatic nitrogens is 5. The second-order valence-electron chi connectivity index (χ2n) is 9.79. The van der Waals surface area contributed by atoms with Crippen LogP contribution in [0.25, 0.3) is 44.7 Å². The predicted octanol–water partition coefficient (Wildman–Crippen LogP) is 4.94. The highest BCUT2D eigenvalue weighted by atomic mass is 35.5. The number of nitrogens with zero attached hydrogens (tertiary/aromatic N) is 3. The Balaban J connectivity index is 1.12. The summed E-state index contributed by atoms with van der Waals surface area (Å²) < 4.78 is 17.6. The molecule has 0 spiro atoms.